The lowest BCUT2D eigenvalue weighted by Crippen LogP contribution is -2.38. The predicted molar refractivity (Wildman–Crippen MR) is 61.5 cm³/mol. The molecule has 6 heteroatoms. The Morgan fingerprint density at radius 2 is 2.00 bits per heavy atom. The molecule has 1 amide bonds. The number of nitrogens with one attached hydrogen (secondary N) is 1. The molecule has 0 spiro atoms. The van der Waals surface area contributed by atoms with Gasteiger partial charge in [0, 0.05) is 17.8 Å². The van der Waals surface area contributed by atoms with Crippen LogP contribution in [0, 0.1) is 0 Å². The highest BCUT2D eigenvalue weighted by Gasteiger charge is 2.20. The van der Waals surface area contributed by atoms with E-state index in [4.69, 9.17) is 11.6 Å². The predicted octanol–water partition coefficient (Wildman–Crippen LogP) is 2.32. The molecule has 0 atom stereocenters. The van der Waals surface area contributed by atoms with Crippen LogP contribution in [0.2, 0.25) is 0 Å². The molecule has 0 aliphatic heterocycles. The zero-order valence-corrected chi connectivity index (χ0v) is 10.4. The Balaban J connectivity index is 2.04. The summed E-state index contributed by atoms with van der Waals surface area (Å²) in [6.07, 6.45) is 1.25. The van der Waals surface area contributed by atoms with E-state index in [1.54, 1.807) is 0 Å². The summed E-state index contributed by atoms with van der Waals surface area (Å²) in [6, 6.07) is 0.174. The van der Waals surface area contributed by atoms with E-state index in [-0.39, 0.29) is 30.4 Å². The number of carbonyl (C=O) groups is 1. The zero-order valence-electron chi connectivity index (χ0n) is 9.63. The summed E-state index contributed by atoms with van der Waals surface area (Å²) >= 11 is 5.95. The molecule has 0 aromatic rings. The lowest BCUT2D eigenvalue weighted by Gasteiger charge is -2.25. The summed E-state index contributed by atoms with van der Waals surface area (Å²) in [6.45, 7) is -0.564. The summed E-state index contributed by atoms with van der Waals surface area (Å²) in [5.41, 5.74) is 0. The van der Waals surface area contributed by atoms with E-state index < -0.39 is 13.0 Å². The van der Waals surface area contributed by atoms with E-state index in [1.807, 2.05) is 0 Å². The Hall–Kier alpha value is -0.420. The van der Waals surface area contributed by atoms with Crippen LogP contribution < -0.4 is 5.32 Å². The van der Waals surface area contributed by atoms with Gasteiger partial charge in [-0.15, -0.1) is 11.6 Å². The maximum atomic E-state index is 11.7. The molecule has 0 unspecified atom stereocenters. The van der Waals surface area contributed by atoms with E-state index in [0.717, 1.165) is 25.7 Å². The first-order chi connectivity index (χ1) is 8.08. The van der Waals surface area contributed by atoms with E-state index in [0.29, 0.717) is 0 Å². The van der Waals surface area contributed by atoms with E-state index >= 15 is 0 Å². The van der Waals surface area contributed by atoms with E-state index in [1.165, 1.54) is 0 Å². The monoisotopic (exact) mass is 269 g/mol. The van der Waals surface area contributed by atoms with Gasteiger partial charge in [-0.2, -0.15) is 0 Å². The van der Waals surface area contributed by atoms with Crippen molar-refractivity contribution in [1.29, 1.82) is 0 Å². The molecule has 0 heterocycles. The molecule has 1 saturated carbocycles. The minimum Gasteiger partial charge on any atom is -0.375 e. The fourth-order valence-corrected chi connectivity index (χ4v) is 2.09. The van der Waals surface area contributed by atoms with Crippen molar-refractivity contribution in [1.82, 2.24) is 5.32 Å². The lowest BCUT2D eigenvalue weighted by atomic mass is 9.95. The van der Waals surface area contributed by atoms with Crippen molar-refractivity contribution in [3.8, 4) is 0 Å². The maximum Gasteiger partial charge on any atom is 0.261 e. The minimum absolute atomic E-state index is 0.0427. The first-order valence-corrected chi connectivity index (χ1v) is 6.31. The third kappa shape index (κ3) is 6.78. The minimum atomic E-state index is -2.47. The highest BCUT2D eigenvalue weighted by molar-refractivity contribution is 6.20. The van der Waals surface area contributed by atoms with Crippen LogP contribution in [-0.2, 0) is 9.53 Å². The summed E-state index contributed by atoms with van der Waals surface area (Å²) in [5, 5.41) is 3.08. The molecule has 3 nitrogen and oxygen atoms in total. The molecular formula is C11H18ClF2NO2. The molecule has 0 aromatic heterocycles. The van der Waals surface area contributed by atoms with Crippen LogP contribution in [0.1, 0.15) is 32.1 Å². The summed E-state index contributed by atoms with van der Waals surface area (Å²) < 4.78 is 28.1. The molecular weight excluding hydrogens is 252 g/mol. The first kappa shape index (κ1) is 14.6. The van der Waals surface area contributed by atoms with Crippen LogP contribution in [0.4, 0.5) is 8.78 Å². The van der Waals surface area contributed by atoms with Crippen LogP contribution in [-0.4, -0.2) is 37.0 Å². The van der Waals surface area contributed by atoms with E-state index in [9.17, 15) is 13.6 Å². The summed E-state index contributed by atoms with van der Waals surface area (Å²) in [7, 11) is 0. The molecule has 0 aromatic carbocycles. The van der Waals surface area contributed by atoms with Gasteiger partial charge in [-0.3, -0.25) is 4.79 Å². The van der Waals surface area contributed by atoms with Crippen LogP contribution in [0.5, 0.6) is 0 Å². The molecule has 1 N–H and O–H groups in total. The molecule has 100 valence electrons. The lowest BCUT2D eigenvalue weighted by molar-refractivity contribution is -0.123. The van der Waals surface area contributed by atoms with Crippen molar-refractivity contribution in [2.24, 2.45) is 0 Å². The van der Waals surface area contributed by atoms with Gasteiger partial charge >= 0.3 is 0 Å². The van der Waals surface area contributed by atoms with Crippen LogP contribution >= 0.6 is 11.6 Å². The van der Waals surface area contributed by atoms with Gasteiger partial charge in [0.25, 0.3) is 6.43 Å². The van der Waals surface area contributed by atoms with Gasteiger partial charge in [-0.05, 0) is 25.7 Å². The van der Waals surface area contributed by atoms with Crippen molar-refractivity contribution in [3.05, 3.63) is 0 Å². The molecule has 1 aliphatic rings. The van der Waals surface area contributed by atoms with Gasteiger partial charge in [0.15, 0.2) is 0 Å². The highest BCUT2D eigenvalue weighted by Crippen LogP contribution is 2.22. The fourth-order valence-electron chi connectivity index (χ4n) is 1.83. The average molecular weight is 270 g/mol. The Morgan fingerprint density at radius 3 is 2.59 bits per heavy atom. The van der Waals surface area contributed by atoms with Crippen molar-refractivity contribution in [2.75, 3.05) is 13.2 Å². The van der Waals surface area contributed by atoms with Crippen molar-refractivity contribution < 1.29 is 18.3 Å². The molecule has 0 saturated heterocycles. The standard InChI is InChI=1S/C11H18ClF2NO2/c12-8-1-3-9(4-2-8)15-11(16)5-6-17-7-10(13)14/h8-10H,1-7H2,(H,15,16). The molecule has 0 bridgehead atoms. The zero-order chi connectivity index (χ0) is 12.7. The number of ether oxygens (including phenoxy) is 1. The van der Waals surface area contributed by atoms with Gasteiger partial charge < -0.3 is 10.1 Å². The van der Waals surface area contributed by atoms with Crippen LogP contribution in [0.15, 0.2) is 0 Å². The summed E-state index contributed by atoms with van der Waals surface area (Å²) in [5.74, 6) is -0.141. The number of hydrogen-bond donors (Lipinski definition) is 1. The number of halogens is 3. The fraction of sp³-hybridized carbons (Fsp3) is 0.909. The van der Waals surface area contributed by atoms with E-state index in [2.05, 4.69) is 10.1 Å². The number of carbonyl (C=O) groups excluding carboxylic acids is 1. The average Bonchev–Trinajstić information content (AvgIpc) is 2.27. The van der Waals surface area contributed by atoms with Crippen molar-refractivity contribution in [2.45, 2.75) is 49.9 Å². The second-order valence-electron chi connectivity index (χ2n) is 4.23. The third-order valence-corrected chi connectivity index (χ3v) is 3.18. The molecule has 1 fully saturated rings. The summed E-state index contributed by atoms with van der Waals surface area (Å²) in [4.78, 5) is 11.4. The number of alkyl halides is 3. The number of hydrogen-bond acceptors (Lipinski definition) is 2. The largest absolute Gasteiger partial charge is 0.375 e. The van der Waals surface area contributed by atoms with Gasteiger partial charge in [0.2, 0.25) is 5.91 Å². The smallest absolute Gasteiger partial charge is 0.261 e. The third-order valence-electron chi connectivity index (χ3n) is 2.74. The number of rotatable bonds is 6. The van der Waals surface area contributed by atoms with Crippen molar-refractivity contribution >= 4 is 17.5 Å². The Bertz CT molecular complexity index is 234. The Morgan fingerprint density at radius 1 is 1.35 bits per heavy atom. The molecule has 0 radical (unpaired) electrons. The SMILES string of the molecule is O=C(CCOCC(F)F)NC1CCC(Cl)CC1. The molecule has 17 heavy (non-hydrogen) atoms. The topological polar surface area (TPSA) is 38.3 Å². The Labute approximate surface area is 105 Å². The van der Waals surface area contributed by atoms with Gasteiger partial charge in [-0.25, -0.2) is 8.78 Å². The second-order valence-corrected chi connectivity index (χ2v) is 4.85. The van der Waals surface area contributed by atoms with Crippen LogP contribution in [0.3, 0.4) is 0 Å². The quantitative estimate of drug-likeness (QED) is 0.594. The second kappa shape index (κ2) is 7.82. The maximum absolute atomic E-state index is 11.7. The first-order valence-electron chi connectivity index (χ1n) is 5.87. The van der Waals surface area contributed by atoms with Gasteiger partial charge in [-0.1, -0.05) is 0 Å². The normalized spacial score (nSPS) is 24.9. The molecule has 1 rings (SSSR count). The Kier molecular flexibility index (Phi) is 6.73. The van der Waals surface area contributed by atoms with Gasteiger partial charge in [0.05, 0.1) is 6.61 Å². The van der Waals surface area contributed by atoms with Gasteiger partial charge in [0.1, 0.15) is 6.61 Å². The molecule has 1 aliphatic carbocycles. The van der Waals surface area contributed by atoms with Crippen molar-refractivity contribution in [3.63, 3.8) is 0 Å². The highest BCUT2D eigenvalue weighted by atomic mass is 35.5. The number of amides is 1. The van der Waals surface area contributed by atoms with Crippen LogP contribution in [0.25, 0.3) is 0 Å².